The van der Waals surface area contributed by atoms with Gasteiger partial charge >= 0.3 is 0 Å². The van der Waals surface area contributed by atoms with E-state index in [0.29, 0.717) is 17.3 Å². The molecule has 1 heterocycles. The molecule has 0 saturated carbocycles. The van der Waals surface area contributed by atoms with Gasteiger partial charge < -0.3 is 4.74 Å². The van der Waals surface area contributed by atoms with E-state index in [4.69, 9.17) is 16.3 Å². The Morgan fingerprint density at radius 3 is 2.76 bits per heavy atom. The Morgan fingerprint density at radius 1 is 1.41 bits per heavy atom. The third kappa shape index (κ3) is 4.80. The van der Waals surface area contributed by atoms with Gasteiger partial charge in [0, 0.05) is 12.8 Å². The van der Waals surface area contributed by atoms with Crippen LogP contribution in [-0.2, 0) is 9.53 Å². The van der Waals surface area contributed by atoms with E-state index in [1.54, 1.807) is 6.92 Å². The van der Waals surface area contributed by atoms with Gasteiger partial charge in [0.25, 0.3) is 11.8 Å². The number of aromatic nitrogens is 1. The lowest BCUT2D eigenvalue weighted by Gasteiger charge is -2.06. The van der Waals surface area contributed by atoms with E-state index in [9.17, 15) is 9.59 Å². The first-order valence-corrected chi connectivity index (χ1v) is 5.29. The highest BCUT2D eigenvalue weighted by Crippen LogP contribution is 2.04. The number of carbonyl (C=O) groups is 2. The van der Waals surface area contributed by atoms with E-state index in [0.717, 1.165) is 0 Å². The van der Waals surface area contributed by atoms with Crippen molar-refractivity contribution in [1.82, 2.24) is 15.8 Å². The number of nitrogens with one attached hydrogen (secondary N) is 2. The highest BCUT2D eigenvalue weighted by molar-refractivity contribution is 6.29. The third-order valence-electron chi connectivity index (χ3n) is 1.74. The maximum absolute atomic E-state index is 11.5. The summed E-state index contributed by atoms with van der Waals surface area (Å²) >= 11 is 5.57. The number of carbonyl (C=O) groups excluding carboxylic acids is 2. The molecule has 0 spiro atoms. The van der Waals surface area contributed by atoms with Gasteiger partial charge in [0.05, 0.1) is 5.56 Å². The molecule has 1 rings (SSSR count). The van der Waals surface area contributed by atoms with Crippen LogP contribution in [0.2, 0.25) is 5.15 Å². The maximum Gasteiger partial charge on any atom is 0.271 e. The zero-order valence-electron chi connectivity index (χ0n) is 9.20. The lowest BCUT2D eigenvalue weighted by molar-refractivity contribution is -0.126. The van der Waals surface area contributed by atoms with E-state index in [-0.39, 0.29) is 6.61 Å². The first-order chi connectivity index (χ1) is 8.13. The van der Waals surface area contributed by atoms with Gasteiger partial charge in [-0.25, -0.2) is 4.98 Å². The standard InChI is InChI=1S/C10H12ClN3O3/c1-2-17-6-9(15)13-14-10(16)7-3-4-8(11)12-5-7/h3-5H,2,6H2,1H3,(H,13,15)(H,14,16). The first kappa shape index (κ1) is 13.4. The molecule has 1 aromatic heterocycles. The first-order valence-electron chi connectivity index (χ1n) is 4.92. The van der Waals surface area contributed by atoms with Crippen LogP contribution in [0.4, 0.5) is 0 Å². The van der Waals surface area contributed by atoms with Crippen molar-refractivity contribution in [3.05, 3.63) is 29.0 Å². The molecule has 0 unspecified atom stereocenters. The lowest BCUT2D eigenvalue weighted by Crippen LogP contribution is -2.43. The summed E-state index contributed by atoms with van der Waals surface area (Å²) < 4.78 is 4.86. The largest absolute Gasteiger partial charge is 0.372 e. The van der Waals surface area contributed by atoms with Crippen LogP contribution >= 0.6 is 11.6 Å². The predicted molar refractivity (Wildman–Crippen MR) is 61.3 cm³/mol. The molecule has 0 aliphatic heterocycles. The number of rotatable bonds is 4. The molecule has 0 radical (unpaired) electrons. The monoisotopic (exact) mass is 257 g/mol. The molecular formula is C10H12ClN3O3. The van der Waals surface area contributed by atoms with Gasteiger partial charge in [-0.3, -0.25) is 20.4 Å². The predicted octanol–water partition coefficient (Wildman–Crippen LogP) is 0.532. The second-order valence-electron chi connectivity index (χ2n) is 3.01. The Morgan fingerprint density at radius 2 is 2.18 bits per heavy atom. The Hall–Kier alpha value is -1.66. The number of ether oxygens (including phenoxy) is 1. The molecule has 0 bridgehead atoms. The Bertz CT molecular complexity index is 394. The van der Waals surface area contributed by atoms with Crippen LogP contribution < -0.4 is 10.9 Å². The number of nitrogens with zero attached hydrogens (tertiary/aromatic N) is 1. The van der Waals surface area contributed by atoms with Gasteiger partial charge in [0.1, 0.15) is 11.8 Å². The smallest absolute Gasteiger partial charge is 0.271 e. The molecule has 0 fully saturated rings. The van der Waals surface area contributed by atoms with E-state index < -0.39 is 11.8 Å². The van der Waals surface area contributed by atoms with Crippen molar-refractivity contribution in [2.24, 2.45) is 0 Å². The second-order valence-corrected chi connectivity index (χ2v) is 3.40. The molecule has 1 aromatic rings. The van der Waals surface area contributed by atoms with Crippen LogP contribution in [0, 0.1) is 0 Å². The minimum absolute atomic E-state index is 0.102. The summed E-state index contributed by atoms with van der Waals surface area (Å²) in [6.45, 7) is 2.10. The number of hydrazine groups is 1. The molecule has 0 atom stereocenters. The van der Waals surface area contributed by atoms with Gasteiger partial charge in [-0.05, 0) is 19.1 Å². The number of hydrogen-bond acceptors (Lipinski definition) is 4. The topological polar surface area (TPSA) is 80.3 Å². The minimum Gasteiger partial charge on any atom is -0.372 e. The van der Waals surface area contributed by atoms with E-state index in [1.807, 2.05) is 0 Å². The molecule has 17 heavy (non-hydrogen) atoms. The van der Waals surface area contributed by atoms with Crippen molar-refractivity contribution in [2.45, 2.75) is 6.92 Å². The van der Waals surface area contributed by atoms with E-state index in [1.165, 1.54) is 18.3 Å². The maximum atomic E-state index is 11.5. The summed E-state index contributed by atoms with van der Waals surface area (Å²) in [6, 6.07) is 2.98. The highest BCUT2D eigenvalue weighted by atomic mass is 35.5. The molecule has 2 amide bonds. The Balaban J connectivity index is 2.39. The van der Waals surface area contributed by atoms with Crippen molar-refractivity contribution in [3.8, 4) is 0 Å². The van der Waals surface area contributed by atoms with Gasteiger partial charge in [-0.1, -0.05) is 11.6 Å². The molecule has 0 saturated heterocycles. The summed E-state index contributed by atoms with van der Waals surface area (Å²) in [7, 11) is 0. The van der Waals surface area contributed by atoms with Crippen molar-refractivity contribution < 1.29 is 14.3 Å². The number of halogens is 1. The molecule has 6 nitrogen and oxygen atoms in total. The molecule has 0 aromatic carbocycles. The zero-order valence-corrected chi connectivity index (χ0v) is 9.95. The molecule has 92 valence electrons. The summed E-state index contributed by atoms with van der Waals surface area (Å²) in [4.78, 5) is 26.3. The Kier molecular flexibility index (Phi) is 5.38. The van der Waals surface area contributed by atoms with Gasteiger partial charge in [0.2, 0.25) is 0 Å². The summed E-state index contributed by atoms with van der Waals surface area (Å²) in [6.07, 6.45) is 1.31. The van der Waals surface area contributed by atoms with Crippen molar-refractivity contribution >= 4 is 23.4 Å². The van der Waals surface area contributed by atoms with Crippen LogP contribution in [-0.4, -0.2) is 30.0 Å². The van der Waals surface area contributed by atoms with E-state index in [2.05, 4.69) is 15.8 Å². The van der Waals surface area contributed by atoms with E-state index >= 15 is 0 Å². The van der Waals surface area contributed by atoms with Crippen LogP contribution in [0.25, 0.3) is 0 Å². The molecular weight excluding hydrogens is 246 g/mol. The quantitative estimate of drug-likeness (QED) is 0.609. The minimum atomic E-state index is -0.473. The number of hydrogen-bond donors (Lipinski definition) is 2. The molecule has 2 N–H and O–H groups in total. The average Bonchev–Trinajstić information content (AvgIpc) is 2.34. The van der Waals surface area contributed by atoms with Crippen molar-refractivity contribution in [1.29, 1.82) is 0 Å². The average molecular weight is 258 g/mol. The van der Waals surface area contributed by atoms with Crippen LogP contribution in [0.5, 0.6) is 0 Å². The fourth-order valence-electron chi connectivity index (χ4n) is 0.940. The van der Waals surface area contributed by atoms with Crippen LogP contribution in [0.3, 0.4) is 0 Å². The fourth-order valence-corrected chi connectivity index (χ4v) is 1.05. The third-order valence-corrected chi connectivity index (χ3v) is 1.97. The van der Waals surface area contributed by atoms with Crippen LogP contribution in [0.15, 0.2) is 18.3 Å². The number of amides is 2. The highest BCUT2D eigenvalue weighted by Gasteiger charge is 2.07. The lowest BCUT2D eigenvalue weighted by atomic mass is 10.3. The van der Waals surface area contributed by atoms with Crippen molar-refractivity contribution in [2.75, 3.05) is 13.2 Å². The summed E-state index contributed by atoms with van der Waals surface area (Å²) in [5.74, 6) is -0.902. The zero-order chi connectivity index (χ0) is 12.7. The number of pyridine rings is 1. The van der Waals surface area contributed by atoms with Gasteiger partial charge in [-0.2, -0.15) is 0 Å². The normalized spacial score (nSPS) is 9.76. The fraction of sp³-hybridized carbons (Fsp3) is 0.300. The van der Waals surface area contributed by atoms with Crippen molar-refractivity contribution in [3.63, 3.8) is 0 Å². The molecule has 0 aliphatic rings. The summed E-state index contributed by atoms with van der Waals surface area (Å²) in [5, 5.41) is 0.293. The Labute approximate surface area is 103 Å². The van der Waals surface area contributed by atoms with Gasteiger partial charge in [-0.15, -0.1) is 0 Å². The summed E-state index contributed by atoms with van der Waals surface area (Å²) in [5.41, 5.74) is 4.73. The van der Waals surface area contributed by atoms with Gasteiger partial charge in [0.15, 0.2) is 0 Å². The molecule has 0 aliphatic carbocycles. The second kappa shape index (κ2) is 6.82. The van der Waals surface area contributed by atoms with Crippen LogP contribution in [0.1, 0.15) is 17.3 Å². The SMILES string of the molecule is CCOCC(=O)NNC(=O)c1ccc(Cl)nc1. The molecule has 7 heteroatoms.